The number of guanidine groups is 1. The average Bonchev–Trinajstić information content (AvgIpc) is 2.59. The van der Waals surface area contributed by atoms with Gasteiger partial charge >= 0.3 is 6.18 Å². The summed E-state index contributed by atoms with van der Waals surface area (Å²) in [6.07, 6.45) is -2.18. The van der Waals surface area contributed by atoms with E-state index in [-0.39, 0.29) is 12.6 Å². The predicted molar refractivity (Wildman–Crippen MR) is 92.5 cm³/mol. The van der Waals surface area contributed by atoms with Gasteiger partial charge in [0.2, 0.25) is 0 Å². The van der Waals surface area contributed by atoms with E-state index in [1.54, 1.807) is 6.07 Å². The third-order valence-electron chi connectivity index (χ3n) is 4.14. The monoisotopic (exact) mass is 357 g/mol. The van der Waals surface area contributed by atoms with Gasteiger partial charge < -0.3 is 15.0 Å². The lowest BCUT2D eigenvalue weighted by atomic mass is 10.1. The van der Waals surface area contributed by atoms with E-state index in [1.807, 2.05) is 13.8 Å². The van der Waals surface area contributed by atoms with Crippen molar-refractivity contribution < 1.29 is 17.9 Å². The summed E-state index contributed by atoms with van der Waals surface area (Å²) in [5.41, 5.74) is -0.0860. The lowest BCUT2D eigenvalue weighted by Gasteiger charge is -2.34. The Bertz CT molecular complexity index is 567. The minimum Gasteiger partial charge on any atom is -0.378 e. The van der Waals surface area contributed by atoms with Crippen LogP contribution < -0.4 is 5.32 Å². The number of hydrogen-bond acceptors (Lipinski definition) is 2. The maximum Gasteiger partial charge on any atom is 0.416 e. The van der Waals surface area contributed by atoms with Gasteiger partial charge in [-0.2, -0.15) is 13.2 Å². The van der Waals surface area contributed by atoms with Gasteiger partial charge in [-0.3, -0.25) is 0 Å². The molecule has 0 aromatic heterocycles. The van der Waals surface area contributed by atoms with Crippen molar-refractivity contribution in [3.8, 4) is 0 Å². The van der Waals surface area contributed by atoms with Crippen LogP contribution in [0.15, 0.2) is 29.3 Å². The Morgan fingerprint density at radius 3 is 2.60 bits per heavy atom. The molecule has 7 heteroatoms. The first kappa shape index (κ1) is 19.6. The van der Waals surface area contributed by atoms with E-state index in [9.17, 15) is 13.2 Å². The van der Waals surface area contributed by atoms with Crippen LogP contribution >= 0.6 is 0 Å². The number of halogens is 3. The molecule has 25 heavy (non-hydrogen) atoms. The average molecular weight is 357 g/mol. The van der Waals surface area contributed by atoms with Gasteiger partial charge in [-0.1, -0.05) is 12.1 Å². The molecule has 1 heterocycles. The summed E-state index contributed by atoms with van der Waals surface area (Å²) < 4.78 is 44.1. The first-order valence-corrected chi connectivity index (χ1v) is 8.75. The lowest BCUT2D eigenvalue weighted by Crippen LogP contribution is -2.47. The second kappa shape index (κ2) is 9.08. The molecular formula is C18H26F3N3O. The van der Waals surface area contributed by atoms with Crippen LogP contribution in [0.25, 0.3) is 0 Å². The zero-order valence-electron chi connectivity index (χ0n) is 14.8. The summed E-state index contributed by atoms with van der Waals surface area (Å²) in [5.74, 6) is 0.745. The molecule has 0 radical (unpaired) electrons. The van der Waals surface area contributed by atoms with E-state index in [4.69, 9.17) is 4.74 Å². The number of aliphatic imine (C=N–C) groups is 1. The first-order chi connectivity index (χ1) is 11.9. The van der Waals surface area contributed by atoms with Gasteiger partial charge in [-0.25, -0.2) is 4.99 Å². The van der Waals surface area contributed by atoms with Crippen LogP contribution in [0.2, 0.25) is 0 Å². The molecule has 1 saturated heterocycles. The fourth-order valence-electron chi connectivity index (χ4n) is 2.91. The maximum absolute atomic E-state index is 12.8. The molecule has 1 aliphatic rings. The Hall–Kier alpha value is -1.76. The molecule has 0 unspecified atom stereocenters. The molecule has 1 aromatic rings. The van der Waals surface area contributed by atoms with Crippen LogP contribution in [0.5, 0.6) is 0 Å². The van der Waals surface area contributed by atoms with Gasteiger partial charge in [0.25, 0.3) is 0 Å². The molecule has 0 aliphatic carbocycles. The van der Waals surface area contributed by atoms with Crippen LogP contribution in [-0.2, 0) is 17.5 Å². The van der Waals surface area contributed by atoms with E-state index in [0.29, 0.717) is 18.7 Å². The van der Waals surface area contributed by atoms with E-state index in [2.05, 4.69) is 15.2 Å². The van der Waals surface area contributed by atoms with Crippen molar-refractivity contribution in [1.82, 2.24) is 10.2 Å². The summed E-state index contributed by atoms with van der Waals surface area (Å²) >= 11 is 0. The predicted octanol–water partition coefficient (Wildman–Crippen LogP) is 3.67. The normalized spacial score (nSPS) is 17.0. The number of ether oxygens (including phenoxy) is 1. The number of nitrogens with one attached hydrogen (secondary N) is 1. The summed E-state index contributed by atoms with van der Waals surface area (Å²) in [7, 11) is 0. The highest BCUT2D eigenvalue weighted by atomic mass is 19.4. The zero-order chi connectivity index (χ0) is 18.3. The van der Waals surface area contributed by atoms with E-state index in [1.165, 1.54) is 6.07 Å². The molecule has 1 aliphatic heterocycles. The van der Waals surface area contributed by atoms with Crippen LogP contribution in [0, 0.1) is 0 Å². The maximum atomic E-state index is 12.8. The number of likely N-dealkylation sites (tertiary alicyclic amines) is 1. The van der Waals surface area contributed by atoms with E-state index < -0.39 is 11.7 Å². The van der Waals surface area contributed by atoms with E-state index in [0.717, 1.165) is 44.0 Å². The molecule has 2 rings (SSSR count). The molecule has 0 bridgehead atoms. The van der Waals surface area contributed by atoms with Gasteiger partial charge in [0.1, 0.15) is 0 Å². The van der Waals surface area contributed by atoms with Gasteiger partial charge in [-0.05, 0) is 44.4 Å². The zero-order valence-corrected chi connectivity index (χ0v) is 14.8. The van der Waals surface area contributed by atoms with Gasteiger partial charge in [0.05, 0.1) is 18.2 Å². The van der Waals surface area contributed by atoms with Crippen LogP contribution in [0.4, 0.5) is 13.2 Å². The number of hydrogen-bond donors (Lipinski definition) is 1. The van der Waals surface area contributed by atoms with Crippen molar-refractivity contribution in [2.24, 2.45) is 4.99 Å². The smallest absolute Gasteiger partial charge is 0.378 e. The van der Waals surface area contributed by atoms with Crippen molar-refractivity contribution in [2.45, 2.75) is 45.5 Å². The van der Waals surface area contributed by atoms with Crippen molar-refractivity contribution >= 4 is 5.96 Å². The van der Waals surface area contributed by atoms with Crippen LogP contribution in [0.1, 0.15) is 37.8 Å². The molecule has 140 valence electrons. The highest BCUT2D eigenvalue weighted by Crippen LogP contribution is 2.29. The molecule has 0 atom stereocenters. The molecule has 4 nitrogen and oxygen atoms in total. The molecule has 0 amide bonds. The molecule has 1 aromatic carbocycles. The molecular weight excluding hydrogens is 331 g/mol. The first-order valence-electron chi connectivity index (χ1n) is 8.75. The Kier molecular flexibility index (Phi) is 7.11. The SMILES string of the molecule is CCNC(=NCc1cccc(C(F)(F)F)c1)N1CCC(OCC)CC1. The third-order valence-corrected chi connectivity index (χ3v) is 4.14. The molecule has 0 saturated carbocycles. The fourth-order valence-corrected chi connectivity index (χ4v) is 2.91. The second-order valence-electron chi connectivity index (χ2n) is 6.01. The molecule has 0 spiro atoms. The molecule has 1 fully saturated rings. The summed E-state index contributed by atoms with van der Waals surface area (Å²) in [4.78, 5) is 6.67. The minimum atomic E-state index is -4.33. The Balaban J connectivity index is 2.03. The number of piperidine rings is 1. The number of benzene rings is 1. The van der Waals surface area contributed by atoms with Crippen LogP contribution in [0.3, 0.4) is 0 Å². The summed E-state index contributed by atoms with van der Waals surface area (Å²) in [6, 6.07) is 5.34. The van der Waals surface area contributed by atoms with Gasteiger partial charge in [0.15, 0.2) is 5.96 Å². The van der Waals surface area contributed by atoms with E-state index >= 15 is 0 Å². The number of nitrogens with zero attached hydrogens (tertiary/aromatic N) is 2. The minimum absolute atomic E-state index is 0.220. The third kappa shape index (κ3) is 5.92. The largest absolute Gasteiger partial charge is 0.416 e. The highest BCUT2D eigenvalue weighted by Gasteiger charge is 2.30. The molecule has 1 N–H and O–H groups in total. The quantitative estimate of drug-likeness (QED) is 0.645. The number of alkyl halides is 3. The highest BCUT2D eigenvalue weighted by molar-refractivity contribution is 5.80. The van der Waals surface area contributed by atoms with Crippen molar-refractivity contribution in [1.29, 1.82) is 0 Å². The standard InChI is InChI=1S/C18H26F3N3O/c1-3-22-17(24-10-8-16(9-11-24)25-4-2)23-13-14-6-5-7-15(12-14)18(19,20)21/h5-7,12,16H,3-4,8-11,13H2,1-2H3,(H,22,23). The van der Waals surface area contributed by atoms with Gasteiger partial charge in [0, 0.05) is 26.2 Å². The van der Waals surface area contributed by atoms with Gasteiger partial charge in [-0.15, -0.1) is 0 Å². The lowest BCUT2D eigenvalue weighted by molar-refractivity contribution is -0.137. The van der Waals surface area contributed by atoms with Crippen molar-refractivity contribution in [3.63, 3.8) is 0 Å². The topological polar surface area (TPSA) is 36.9 Å². The van der Waals surface area contributed by atoms with Crippen molar-refractivity contribution in [2.75, 3.05) is 26.2 Å². The Morgan fingerprint density at radius 2 is 2.00 bits per heavy atom. The van der Waals surface area contributed by atoms with Crippen molar-refractivity contribution in [3.05, 3.63) is 35.4 Å². The second-order valence-corrected chi connectivity index (χ2v) is 6.01. The number of rotatable bonds is 5. The Labute approximate surface area is 147 Å². The van der Waals surface area contributed by atoms with Crippen LogP contribution in [-0.4, -0.2) is 43.2 Å². The summed E-state index contributed by atoms with van der Waals surface area (Å²) in [6.45, 7) is 7.29. The fraction of sp³-hybridized carbons (Fsp3) is 0.611. The Morgan fingerprint density at radius 1 is 1.28 bits per heavy atom. The summed E-state index contributed by atoms with van der Waals surface area (Å²) in [5, 5.41) is 3.23.